The molecule has 0 aliphatic carbocycles. The van der Waals surface area contributed by atoms with Crippen molar-refractivity contribution in [1.82, 2.24) is 20.3 Å². The number of nitrogens with zero attached hydrogens (tertiary/aromatic N) is 4. The molecule has 2 aromatic rings. The minimum atomic E-state index is -1.07. The summed E-state index contributed by atoms with van der Waals surface area (Å²) < 4.78 is 27.8. The molecule has 1 aromatic carbocycles. The maximum atomic E-state index is 13.8. The maximum absolute atomic E-state index is 13.8. The second-order valence-electron chi connectivity index (χ2n) is 3.95. The van der Waals surface area contributed by atoms with E-state index in [1.807, 2.05) is 6.92 Å². The van der Waals surface area contributed by atoms with E-state index in [-0.39, 0.29) is 0 Å². The summed E-state index contributed by atoms with van der Waals surface area (Å²) in [7, 11) is 0. The summed E-state index contributed by atoms with van der Waals surface area (Å²) in [6.45, 7) is 3.00. The van der Waals surface area contributed by atoms with E-state index in [1.165, 1.54) is 6.20 Å². The Morgan fingerprint density at radius 1 is 1.45 bits per heavy atom. The average molecular weight is 283 g/mol. The molecule has 9 heteroatoms. The van der Waals surface area contributed by atoms with Gasteiger partial charge >= 0.3 is 5.69 Å². The summed E-state index contributed by atoms with van der Waals surface area (Å²) in [6.07, 6.45) is 1.35. The predicted octanol–water partition coefficient (Wildman–Crippen LogP) is 1.56. The minimum absolute atomic E-state index is 0.396. The van der Waals surface area contributed by atoms with Gasteiger partial charge in [-0.05, 0) is 6.54 Å². The number of hydrogen-bond donors (Lipinski definition) is 1. The van der Waals surface area contributed by atoms with E-state index < -0.39 is 27.9 Å². The lowest BCUT2D eigenvalue weighted by molar-refractivity contribution is -0.385. The van der Waals surface area contributed by atoms with Gasteiger partial charge in [0.15, 0.2) is 11.5 Å². The Morgan fingerprint density at radius 3 is 2.85 bits per heavy atom. The van der Waals surface area contributed by atoms with Crippen LogP contribution in [0.15, 0.2) is 18.3 Å². The summed E-state index contributed by atoms with van der Waals surface area (Å²) >= 11 is 0. The smallest absolute Gasteiger partial charge is 0.300 e. The molecular formula is C11H11F2N5O2. The Bertz CT molecular complexity index is 644. The van der Waals surface area contributed by atoms with Crippen molar-refractivity contribution in [2.75, 3.05) is 6.54 Å². The van der Waals surface area contributed by atoms with Crippen molar-refractivity contribution in [3.8, 4) is 5.69 Å². The number of nitro groups is 1. The second-order valence-corrected chi connectivity index (χ2v) is 3.95. The van der Waals surface area contributed by atoms with E-state index >= 15 is 0 Å². The molecule has 1 N–H and O–H groups in total. The molecule has 0 saturated carbocycles. The fourth-order valence-corrected chi connectivity index (χ4v) is 1.66. The Labute approximate surface area is 112 Å². The van der Waals surface area contributed by atoms with Crippen molar-refractivity contribution in [2.45, 2.75) is 13.5 Å². The number of benzene rings is 1. The van der Waals surface area contributed by atoms with E-state index in [4.69, 9.17) is 0 Å². The summed E-state index contributed by atoms with van der Waals surface area (Å²) in [4.78, 5) is 10.0. The van der Waals surface area contributed by atoms with Gasteiger partial charge in [0, 0.05) is 12.6 Å². The van der Waals surface area contributed by atoms with Crippen molar-refractivity contribution in [3.05, 3.63) is 45.8 Å². The van der Waals surface area contributed by atoms with Gasteiger partial charge in [-0.15, -0.1) is 5.10 Å². The van der Waals surface area contributed by atoms with Gasteiger partial charge in [-0.3, -0.25) is 10.1 Å². The third kappa shape index (κ3) is 2.77. The molecule has 2 rings (SSSR count). The molecule has 0 atom stereocenters. The fourth-order valence-electron chi connectivity index (χ4n) is 1.66. The second kappa shape index (κ2) is 5.70. The highest BCUT2D eigenvalue weighted by Crippen LogP contribution is 2.26. The molecule has 0 fully saturated rings. The molecule has 0 unspecified atom stereocenters. The molecule has 0 saturated heterocycles. The van der Waals surface area contributed by atoms with E-state index in [0.717, 1.165) is 4.68 Å². The van der Waals surface area contributed by atoms with Crippen LogP contribution in [0, 0.1) is 21.7 Å². The van der Waals surface area contributed by atoms with Gasteiger partial charge < -0.3 is 5.32 Å². The van der Waals surface area contributed by atoms with Crippen molar-refractivity contribution in [1.29, 1.82) is 0 Å². The van der Waals surface area contributed by atoms with Crippen LogP contribution in [0.5, 0.6) is 0 Å². The number of nitro benzene ring substituents is 1. The summed E-state index contributed by atoms with van der Waals surface area (Å²) in [5, 5.41) is 21.3. The average Bonchev–Trinajstić information content (AvgIpc) is 2.83. The van der Waals surface area contributed by atoms with Gasteiger partial charge in [-0.1, -0.05) is 12.1 Å². The summed E-state index contributed by atoms with van der Waals surface area (Å²) in [5.74, 6) is -2.09. The topological polar surface area (TPSA) is 85.9 Å². The first-order valence-corrected chi connectivity index (χ1v) is 5.78. The Balaban J connectivity index is 2.46. The monoisotopic (exact) mass is 283 g/mol. The number of hydrogen-bond acceptors (Lipinski definition) is 5. The molecule has 0 amide bonds. The number of rotatable bonds is 5. The molecule has 1 aromatic heterocycles. The molecule has 0 aliphatic heterocycles. The SMILES string of the molecule is CCNCc1cn(-c2c(F)cc(F)cc2[N+](=O)[O-])nn1. The van der Waals surface area contributed by atoms with Crippen LogP contribution in [-0.2, 0) is 6.54 Å². The van der Waals surface area contributed by atoms with Crippen LogP contribution < -0.4 is 5.32 Å². The van der Waals surface area contributed by atoms with Crippen LogP contribution >= 0.6 is 0 Å². The Kier molecular flexibility index (Phi) is 3.99. The van der Waals surface area contributed by atoms with Gasteiger partial charge in [-0.25, -0.2) is 13.5 Å². The minimum Gasteiger partial charge on any atom is -0.311 e. The maximum Gasteiger partial charge on any atom is 0.300 e. The van der Waals surface area contributed by atoms with Crippen molar-refractivity contribution >= 4 is 5.69 Å². The third-order valence-electron chi connectivity index (χ3n) is 2.53. The summed E-state index contributed by atoms with van der Waals surface area (Å²) in [5.41, 5.74) is -0.654. The quantitative estimate of drug-likeness (QED) is 0.664. The third-order valence-corrected chi connectivity index (χ3v) is 2.53. The zero-order chi connectivity index (χ0) is 14.7. The van der Waals surface area contributed by atoms with Crippen LogP contribution in [0.25, 0.3) is 5.69 Å². The van der Waals surface area contributed by atoms with Gasteiger partial charge in [0.1, 0.15) is 5.82 Å². The Hall–Kier alpha value is -2.42. The number of nitrogens with one attached hydrogen (secondary N) is 1. The zero-order valence-corrected chi connectivity index (χ0v) is 10.5. The van der Waals surface area contributed by atoms with E-state index in [2.05, 4.69) is 15.6 Å². The van der Waals surface area contributed by atoms with E-state index in [9.17, 15) is 18.9 Å². The lowest BCUT2D eigenvalue weighted by atomic mass is 10.2. The van der Waals surface area contributed by atoms with Gasteiger partial charge in [0.2, 0.25) is 0 Å². The van der Waals surface area contributed by atoms with Gasteiger partial charge in [0.25, 0.3) is 0 Å². The van der Waals surface area contributed by atoms with Crippen molar-refractivity contribution in [3.63, 3.8) is 0 Å². The highest BCUT2D eigenvalue weighted by Gasteiger charge is 2.23. The van der Waals surface area contributed by atoms with Crippen molar-refractivity contribution in [2.24, 2.45) is 0 Å². The van der Waals surface area contributed by atoms with Crippen molar-refractivity contribution < 1.29 is 13.7 Å². The van der Waals surface area contributed by atoms with Crippen LogP contribution in [0.4, 0.5) is 14.5 Å². The largest absolute Gasteiger partial charge is 0.311 e. The van der Waals surface area contributed by atoms with Crippen LogP contribution in [0.2, 0.25) is 0 Å². The molecule has 106 valence electrons. The molecule has 1 heterocycles. The standard InChI is InChI=1S/C11H11F2N5O2/c1-2-14-5-8-6-17(16-15-8)11-9(13)3-7(12)4-10(11)18(19)20/h3-4,6,14H,2,5H2,1H3. The first kappa shape index (κ1) is 14.0. The highest BCUT2D eigenvalue weighted by atomic mass is 19.1. The van der Waals surface area contributed by atoms with E-state index in [1.54, 1.807) is 0 Å². The zero-order valence-electron chi connectivity index (χ0n) is 10.5. The lowest BCUT2D eigenvalue weighted by Gasteiger charge is -2.03. The molecule has 0 bridgehead atoms. The molecule has 0 aliphatic rings. The summed E-state index contributed by atoms with van der Waals surface area (Å²) in [6, 6.07) is 1.21. The van der Waals surface area contributed by atoms with E-state index in [0.29, 0.717) is 30.9 Å². The van der Waals surface area contributed by atoms with Gasteiger partial charge in [-0.2, -0.15) is 0 Å². The highest BCUT2D eigenvalue weighted by molar-refractivity contribution is 5.53. The first-order chi connectivity index (χ1) is 9.52. The van der Waals surface area contributed by atoms with Crippen LogP contribution in [0.1, 0.15) is 12.6 Å². The molecule has 20 heavy (non-hydrogen) atoms. The first-order valence-electron chi connectivity index (χ1n) is 5.78. The lowest BCUT2D eigenvalue weighted by Crippen LogP contribution is -2.11. The number of halogens is 2. The molecule has 0 spiro atoms. The Morgan fingerprint density at radius 2 is 2.20 bits per heavy atom. The van der Waals surface area contributed by atoms with Crippen LogP contribution in [0.3, 0.4) is 0 Å². The molecular weight excluding hydrogens is 272 g/mol. The number of aromatic nitrogens is 3. The molecule has 7 nitrogen and oxygen atoms in total. The molecule has 0 radical (unpaired) electrons. The predicted molar refractivity (Wildman–Crippen MR) is 65.3 cm³/mol. The normalized spacial score (nSPS) is 10.8. The fraction of sp³-hybridized carbons (Fsp3) is 0.273. The van der Waals surface area contributed by atoms with Crippen LogP contribution in [-0.4, -0.2) is 26.5 Å². The van der Waals surface area contributed by atoms with Gasteiger partial charge in [0.05, 0.1) is 22.9 Å².